The molecule has 4 heteroatoms. The van der Waals surface area contributed by atoms with Gasteiger partial charge in [-0.05, 0) is 23.8 Å². The van der Waals surface area contributed by atoms with Gasteiger partial charge in [0.2, 0.25) is 0 Å². The fourth-order valence-corrected chi connectivity index (χ4v) is 2.73. The van der Waals surface area contributed by atoms with Crippen LogP contribution in [0.5, 0.6) is 0 Å². The van der Waals surface area contributed by atoms with E-state index < -0.39 is 0 Å². The van der Waals surface area contributed by atoms with Gasteiger partial charge in [0, 0.05) is 28.8 Å². The molecule has 2 N–H and O–H groups in total. The first kappa shape index (κ1) is 11.5. The van der Waals surface area contributed by atoms with Crippen LogP contribution in [-0.4, -0.2) is 5.78 Å². The van der Waals surface area contributed by atoms with E-state index in [4.69, 9.17) is 10.5 Å². The Morgan fingerprint density at radius 2 is 1.94 bits per heavy atom. The maximum absolute atomic E-state index is 11.9. The molecular weight excluding hydrogens is 294 g/mol. The molecule has 0 radical (unpaired) electrons. The van der Waals surface area contributed by atoms with Crippen molar-refractivity contribution in [2.75, 3.05) is 0 Å². The van der Waals surface area contributed by atoms with Gasteiger partial charge < -0.3 is 10.5 Å². The highest BCUT2D eigenvalue weighted by Gasteiger charge is 2.34. The molecule has 0 saturated carbocycles. The number of nitrogens with two attached hydrogens (primary N) is 1. The Balaban J connectivity index is 2.05. The summed E-state index contributed by atoms with van der Waals surface area (Å²) in [6, 6.07) is 7.93. The smallest absolute Gasteiger partial charge is 0.187 e. The molecule has 2 aliphatic rings. The second-order valence-corrected chi connectivity index (χ2v) is 5.38. The first-order chi connectivity index (χ1) is 8.65. The van der Waals surface area contributed by atoms with Crippen molar-refractivity contribution < 1.29 is 9.53 Å². The van der Waals surface area contributed by atoms with Crippen molar-refractivity contribution >= 4 is 21.7 Å². The first-order valence-corrected chi connectivity index (χ1v) is 6.61. The maximum atomic E-state index is 11.9. The third-order valence-corrected chi connectivity index (χ3v) is 3.82. The minimum atomic E-state index is -0.0724. The summed E-state index contributed by atoms with van der Waals surface area (Å²) < 4.78 is 6.46. The molecule has 0 spiro atoms. The van der Waals surface area contributed by atoms with Crippen LogP contribution in [0.4, 0.5) is 0 Å². The highest BCUT2D eigenvalue weighted by Crippen LogP contribution is 2.40. The lowest BCUT2D eigenvalue weighted by Gasteiger charge is -2.22. The lowest BCUT2D eigenvalue weighted by Crippen LogP contribution is -2.16. The van der Waals surface area contributed by atoms with Crippen LogP contribution in [0.15, 0.2) is 52.0 Å². The van der Waals surface area contributed by atoms with Gasteiger partial charge in [0.1, 0.15) is 5.76 Å². The van der Waals surface area contributed by atoms with Crippen molar-refractivity contribution in [1.29, 1.82) is 0 Å². The van der Waals surface area contributed by atoms with Crippen molar-refractivity contribution in [3.05, 3.63) is 57.6 Å². The summed E-state index contributed by atoms with van der Waals surface area (Å²) in [7, 11) is 0. The van der Waals surface area contributed by atoms with E-state index in [1.165, 1.54) is 0 Å². The number of carbonyl (C=O) groups is 1. The van der Waals surface area contributed by atoms with Crippen LogP contribution in [0.2, 0.25) is 0 Å². The molecule has 3 nitrogen and oxygen atoms in total. The SMILES string of the molecule is NC1=CC(c2ccc(Br)cc2)C2=C(CCC2=O)O1. The number of hydrogen-bond donors (Lipinski definition) is 1. The molecule has 0 bridgehead atoms. The van der Waals surface area contributed by atoms with Gasteiger partial charge in [-0.3, -0.25) is 4.79 Å². The van der Waals surface area contributed by atoms with Crippen LogP contribution in [0.1, 0.15) is 24.3 Å². The molecule has 3 rings (SSSR count). The largest absolute Gasteiger partial charge is 0.446 e. The normalized spacial score (nSPS) is 22.6. The summed E-state index contributed by atoms with van der Waals surface area (Å²) in [6.45, 7) is 0. The molecular formula is C14H12BrNO2. The third kappa shape index (κ3) is 1.86. The molecule has 1 heterocycles. The van der Waals surface area contributed by atoms with E-state index in [2.05, 4.69) is 15.9 Å². The average Bonchev–Trinajstić information content (AvgIpc) is 2.71. The molecule has 0 fully saturated rings. The third-order valence-electron chi connectivity index (χ3n) is 3.29. The monoisotopic (exact) mass is 305 g/mol. The Labute approximate surface area is 113 Å². The molecule has 0 saturated heterocycles. The number of Topliss-reactive ketones (excluding diaryl/α,β-unsaturated/α-hetero) is 1. The number of allylic oxidation sites excluding steroid dienone is 3. The van der Waals surface area contributed by atoms with E-state index in [-0.39, 0.29) is 11.7 Å². The molecule has 0 amide bonds. The fraction of sp³-hybridized carbons (Fsp3) is 0.214. The Kier molecular flexibility index (Phi) is 2.74. The first-order valence-electron chi connectivity index (χ1n) is 5.82. The van der Waals surface area contributed by atoms with E-state index in [0.717, 1.165) is 21.4 Å². The summed E-state index contributed by atoms with van der Waals surface area (Å²) in [5.74, 6) is 1.22. The summed E-state index contributed by atoms with van der Waals surface area (Å²) in [6.07, 6.45) is 3.00. The minimum Gasteiger partial charge on any atom is -0.446 e. The minimum absolute atomic E-state index is 0.0724. The van der Waals surface area contributed by atoms with E-state index in [1.807, 2.05) is 30.3 Å². The lowest BCUT2D eigenvalue weighted by atomic mass is 9.88. The van der Waals surface area contributed by atoms with Gasteiger partial charge in [0.15, 0.2) is 11.7 Å². The van der Waals surface area contributed by atoms with Gasteiger partial charge in [0.05, 0.1) is 0 Å². The van der Waals surface area contributed by atoms with Crippen LogP contribution in [0, 0.1) is 0 Å². The van der Waals surface area contributed by atoms with E-state index >= 15 is 0 Å². The van der Waals surface area contributed by atoms with E-state index in [1.54, 1.807) is 0 Å². The zero-order valence-corrected chi connectivity index (χ0v) is 11.2. The number of halogens is 1. The van der Waals surface area contributed by atoms with Gasteiger partial charge in [-0.1, -0.05) is 28.1 Å². The molecule has 18 heavy (non-hydrogen) atoms. The number of ketones is 1. The average molecular weight is 306 g/mol. The Hall–Kier alpha value is -1.55. The van der Waals surface area contributed by atoms with Gasteiger partial charge in [-0.25, -0.2) is 0 Å². The van der Waals surface area contributed by atoms with Crippen LogP contribution in [-0.2, 0) is 9.53 Å². The summed E-state index contributed by atoms with van der Waals surface area (Å²) >= 11 is 3.41. The predicted molar refractivity (Wildman–Crippen MR) is 71.5 cm³/mol. The van der Waals surface area contributed by atoms with Crippen LogP contribution < -0.4 is 5.73 Å². The van der Waals surface area contributed by atoms with Gasteiger partial charge >= 0.3 is 0 Å². The van der Waals surface area contributed by atoms with Gasteiger partial charge in [0.25, 0.3) is 0 Å². The topological polar surface area (TPSA) is 52.3 Å². The number of benzene rings is 1. The van der Waals surface area contributed by atoms with Crippen LogP contribution in [0.3, 0.4) is 0 Å². The molecule has 1 aliphatic carbocycles. The molecule has 1 atom stereocenters. The standard InChI is InChI=1S/C14H12BrNO2/c15-9-3-1-8(2-4-9)10-7-13(16)18-12-6-5-11(17)14(10)12/h1-4,7,10H,5-6,16H2. The number of ether oxygens (including phenoxy) is 1. The summed E-state index contributed by atoms with van der Waals surface area (Å²) in [4.78, 5) is 11.9. The lowest BCUT2D eigenvalue weighted by molar-refractivity contribution is -0.115. The fourth-order valence-electron chi connectivity index (χ4n) is 2.46. The Morgan fingerprint density at radius 3 is 2.67 bits per heavy atom. The summed E-state index contributed by atoms with van der Waals surface area (Å²) in [5, 5.41) is 0. The highest BCUT2D eigenvalue weighted by molar-refractivity contribution is 9.10. The maximum Gasteiger partial charge on any atom is 0.187 e. The van der Waals surface area contributed by atoms with E-state index in [0.29, 0.717) is 18.7 Å². The quantitative estimate of drug-likeness (QED) is 0.868. The van der Waals surface area contributed by atoms with Crippen molar-refractivity contribution in [2.24, 2.45) is 5.73 Å². The summed E-state index contributed by atoms with van der Waals surface area (Å²) in [5.41, 5.74) is 7.61. The van der Waals surface area contributed by atoms with Crippen LogP contribution in [0.25, 0.3) is 0 Å². The Bertz CT molecular complexity index is 572. The molecule has 1 unspecified atom stereocenters. The van der Waals surface area contributed by atoms with E-state index in [9.17, 15) is 4.79 Å². The van der Waals surface area contributed by atoms with Crippen molar-refractivity contribution in [2.45, 2.75) is 18.8 Å². The van der Waals surface area contributed by atoms with Crippen molar-refractivity contribution in [3.63, 3.8) is 0 Å². The number of carbonyl (C=O) groups excluding carboxylic acids is 1. The molecule has 1 aliphatic heterocycles. The molecule has 92 valence electrons. The second kappa shape index (κ2) is 4.28. The molecule has 0 aromatic heterocycles. The predicted octanol–water partition coefficient (Wildman–Crippen LogP) is 2.98. The van der Waals surface area contributed by atoms with Gasteiger partial charge in [-0.2, -0.15) is 0 Å². The van der Waals surface area contributed by atoms with Crippen molar-refractivity contribution in [3.8, 4) is 0 Å². The number of hydrogen-bond acceptors (Lipinski definition) is 3. The van der Waals surface area contributed by atoms with Gasteiger partial charge in [-0.15, -0.1) is 0 Å². The zero-order chi connectivity index (χ0) is 12.7. The van der Waals surface area contributed by atoms with Crippen LogP contribution >= 0.6 is 15.9 Å². The second-order valence-electron chi connectivity index (χ2n) is 4.46. The molecule has 1 aromatic carbocycles. The molecule has 1 aromatic rings. The number of rotatable bonds is 1. The Morgan fingerprint density at radius 1 is 1.22 bits per heavy atom. The zero-order valence-electron chi connectivity index (χ0n) is 9.65. The van der Waals surface area contributed by atoms with Crippen molar-refractivity contribution in [1.82, 2.24) is 0 Å². The highest BCUT2D eigenvalue weighted by atomic mass is 79.9.